The molecule has 0 radical (unpaired) electrons. The highest BCUT2D eigenvalue weighted by Gasteiger charge is 2.08. The SMILES string of the molecule is CC(CC(=O)O)NC(=O)/C=C/c1ccc(C(C)C)cc1. The lowest BCUT2D eigenvalue weighted by molar-refractivity contribution is -0.137. The Bertz CT molecular complexity index is 489. The number of rotatable bonds is 6. The van der Waals surface area contributed by atoms with E-state index in [4.69, 9.17) is 5.11 Å². The number of hydrogen-bond acceptors (Lipinski definition) is 2. The van der Waals surface area contributed by atoms with Crippen molar-refractivity contribution in [3.8, 4) is 0 Å². The Morgan fingerprint density at radius 3 is 2.30 bits per heavy atom. The van der Waals surface area contributed by atoms with Crippen molar-refractivity contribution in [2.75, 3.05) is 0 Å². The zero-order valence-electron chi connectivity index (χ0n) is 12.1. The summed E-state index contributed by atoms with van der Waals surface area (Å²) < 4.78 is 0. The van der Waals surface area contributed by atoms with Gasteiger partial charge in [0, 0.05) is 12.1 Å². The first-order chi connectivity index (χ1) is 9.38. The van der Waals surface area contributed by atoms with Crippen LogP contribution in [0.3, 0.4) is 0 Å². The predicted molar refractivity (Wildman–Crippen MR) is 79.4 cm³/mol. The third-order valence-electron chi connectivity index (χ3n) is 2.90. The number of carboxylic acid groups (broad SMARTS) is 1. The average molecular weight is 275 g/mol. The molecule has 2 N–H and O–H groups in total. The Morgan fingerprint density at radius 1 is 1.20 bits per heavy atom. The number of nitrogens with one attached hydrogen (secondary N) is 1. The highest BCUT2D eigenvalue weighted by Crippen LogP contribution is 2.15. The van der Waals surface area contributed by atoms with Gasteiger partial charge in [-0.3, -0.25) is 9.59 Å². The lowest BCUT2D eigenvalue weighted by Gasteiger charge is -2.09. The van der Waals surface area contributed by atoms with Crippen molar-refractivity contribution >= 4 is 18.0 Å². The number of hydrogen-bond donors (Lipinski definition) is 2. The molecule has 0 heterocycles. The molecule has 0 aliphatic carbocycles. The van der Waals surface area contributed by atoms with E-state index < -0.39 is 5.97 Å². The third-order valence-corrected chi connectivity index (χ3v) is 2.90. The molecule has 0 saturated carbocycles. The Hall–Kier alpha value is -2.10. The average Bonchev–Trinajstić information content (AvgIpc) is 2.35. The molecular formula is C16H21NO3. The molecule has 0 spiro atoms. The zero-order chi connectivity index (χ0) is 15.1. The van der Waals surface area contributed by atoms with E-state index in [1.807, 2.05) is 24.3 Å². The van der Waals surface area contributed by atoms with Crippen molar-refractivity contribution in [3.05, 3.63) is 41.5 Å². The maximum absolute atomic E-state index is 11.6. The summed E-state index contributed by atoms with van der Waals surface area (Å²) in [6.45, 7) is 5.92. The quantitative estimate of drug-likeness (QED) is 0.784. The van der Waals surface area contributed by atoms with Crippen LogP contribution in [0.1, 0.15) is 44.2 Å². The van der Waals surface area contributed by atoms with Crippen LogP contribution in [0.5, 0.6) is 0 Å². The van der Waals surface area contributed by atoms with Crippen LogP contribution in [0, 0.1) is 0 Å². The molecule has 4 nitrogen and oxygen atoms in total. The van der Waals surface area contributed by atoms with Crippen LogP contribution in [0.15, 0.2) is 30.3 Å². The Morgan fingerprint density at radius 2 is 1.80 bits per heavy atom. The minimum absolute atomic E-state index is 0.0807. The predicted octanol–water partition coefficient (Wildman–Crippen LogP) is 2.80. The highest BCUT2D eigenvalue weighted by molar-refractivity contribution is 5.92. The van der Waals surface area contributed by atoms with Crippen molar-refractivity contribution in [1.29, 1.82) is 0 Å². The summed E-state index contributed by atoms with van der Waals surface area (Å²) in [4.78, 5) is 22.1. The van der Waals surface area contributed by atoms with Gasteiger partial charge in [0.2, 0.25) is 5.91 Å². The van der Waals surface area contributed by atoms with Gasteiger partial charge in [0.15, 0.2) is 0 Å². The summed E-state index contributed by atoms with van der Waals surface area (Å²) in [7, 11) is 0. The van der Waals surface area contributed by atoms with Crippen LogP contribution in [0.25, 0.3) is 6.08 Å². The zero-order valence-corrected chi connectivity index (χ0v) is 12.1. The molecule has 0 fully saturated rings. The smallest absolute Gasteiger partial charge is 0.305 e. The fraction of sp³-hybridized carbons (Fsp3) is 0.375. The summed E-state index contributed by atoms with van der Waals surface area (Å²) in [5.74, 6) is -0.731. The monoisotopic (exact) mass is 275 g/mol. The first-order valence-electron chi connectivity index (χ1n) is 6.69. The van der Waals surface area contributed by atoms with Gasteiger partial charge in [-0.2, -0.15) is 0 Å². The fourth-order valence-electron chi connectivity index (χ4n) is 1.77. The van der Waals surface area contributed by atoms with Crippen LogP contribution in [-0.2, 0) is 9.59 Å². The molecule has 1 aromatic carbocycles. The topological polar surface area (TPSA) is 66.4 Å². The Balaban J connectivity index is 2.54. The number of amides is 1. The molecular weight excluding hydrogens is 254 g/mol. The van der Waals surface area contributed by atoms with Crippen molar-refractivity contribution in [2.45, 2.75) is 39.2 Å². The molecule has 0 aromatic heterocycles. The first-order valence-corrected chi connectivity index (χ1v) is 6.69. The van der Waals surface area contributed by atoms with Crippen LogP contribution in [0.4, 0.5) is 0 Å². The van der Waals surface area contributed by atoms with Gasteiger partial charge in [-0.1, -0.05) is 38.1 Å². The number of carbonyl (C=O) groups excluding carboxylic acids is 1. The summed E-state index contributed by atoms with van der Waals surface area (Å²) in [5, 5.41) is 11.2. The number of carbonyl (C=O) groups is 2. The normalized spacial score (nSPS) is 12.6. The largest absolute Gasteiger partial charge is 0.481 e. The summed E-state index contributed by atoms with van der Waals surface area (Å²) >= 11 is 0. The van der Waals surface area contributed by atoms with Gasteiger partial charge in [0.25, 0.3) is 0 Å². The van der Waals surface area contributed by atoms with Gasteiger partial charge >= 0.3 is 5.97 Å². The Labute approximate surface area is 119 Å². The molecule has 0 aliphatic rings. The van der Waals surface area contributed by atoms with E-state index in [0.29, 0.717) is 5.92 Å². The van der Waals surface area contributed by atoms with Crippen LogP contribution in [0.2, 0.25) is 0 Å². The molecule has 1 atom stereocenters. The summed E-state index contributed by atoms with van der Waals surface area (Å²) in [6.07, 6.45) is 3.05. The van der Waals surface area contributed by atoms with E-state index >= 15 is 0 Å². The van der Waals surface area contributed by atoms with E-state index in [1.54, 1.807) is 13.0 Å². The van der Waals surface area contributed by atoms with Crippen molar-refractivity contribution < 1.29 is 14.7 Å². The molecule has 108 valence electrons. The van der Waals surface area contributed by atoms with E-state index in [2.05, 4.69) is 19.2 Å². The maximum Gasteiger partial charge on any atom is 0.305 e. The second kappa shape index (κ2) is 7.48. The van der Waals surface area contributed by atoms with Crippen LogP contribution >= 0.6 is 0 Å². The molecule has 1 unspecified atom stereocenters. The standard InChI is InChI=1S/C16H21NO3/c1-11(2)14-7-4-13(5-8-14)6-9-15(18)17-12(3)10-16(19)20/h4-9,11-12H,10H2,1-3H3,(H,17,18)(H,19,20)/b9-6+. The van der Waals surface area contributed by atoms with Crippen molar-refractivity contribution in [1.82, 2.24) is 5.32 Å². The molecule has 1 rings (SSSR count). The molecule has 1 aromatic rings. The molecule has 1 amide bonds. The van der Waals surface area contributed by atoms with Gasteiger partial charge in [-0.15, -0.1) is 0 Å². The number of carboxylic acids is 1. The van der Waals surface area contributed by atoms with Crippen molar-refractivity contribution in [2.24, 2.45) is 0 Å². The minimum Gasteiger partial charge on any atom is -0.481 e. The maximum atomic E-state index is 11.6. The van der Waals surface area contributed by atoms with E-state index in [-0.39, 0.29) is 18.4 Å². The van der Waals surface area contributed by atoms with E-state index in [0.717, 1.165) is 5.56 Å². The van der Waals surface area contributed by atoms with Gasteiger partial charge in [-0.05, 0) is 30.0 Å². The molecule has 20 heavy (non-hydrogen) atoms. The molecule has 0 bridgehead atoms. The number of benzene rings is 1. The summed E-state index contributed by atoms with van der Waals surface area (Å²) in [5.41, 5.74) is 2.19. The molecule has 0 saturated heterocycles. The van der Waals surface area contributed by atoms with Crippen molar-refractivity contribution in [3.63, 3.8) is 0 Å². The van der Waals surface area contributed by atoms with E-state index in [9.17, 15) is 9.59 Å². The van der Waals surface area contributed by atoms with E-state index in [1.165, 1.54) is 11.6 Å². The summed E-state index contributed by atoms with van der Waals surface area (Å²) in [6, 6.07) is 7.61. The van der Waals surface area contributed by atoms with Gasteiger partial charge in [-0.25, -0.2) is 0 Å². The second-order valence-corrected chi connectivity index (χ2v) is 5.16. The molecule has 4 heteroatoms. The van der Waals surface area contributed by atoms with Crippen LogP contribution in [-0.4, -0.2) is 23.0 Å². The number of aliphatic carboxylic acids is 1. The first kappa shape index (κ1) is 16.0. The lowest BCUT2D eigenvalue weighted by Crippen LogP contribution is -2.32. The second-order valence-electron chi connectivity index (χ2n) is 5.16. The van der Waals surface area contributed by atoms with Gasteiger partial charge in [0.05, 0.1) is 6.42 Å². The molecule has 0 aliphatic heterocycles. The minimum atomic E-state index is -0.925. The lowest BCUT2D eigenvalue weighted by atomic mass is 10.0. The highest BCUT2D eigenvalue weighted by atomic mass is 16.4. The van der Waals surface area contributed by atoms with Crippen LogP contribution < -0.4 is 5.32 Å². The third kappa shape index (κ3) is 5.69. The van der Waals surface area contributed by atoms with Gasteiger partial charge < -0.3 is 10.4 Å². The Kier molecular flexibility index (Phi) is 5.97. The van der Waals surface area contributed by atoms with Gasteiger partial charge in [0.1, 0.15) is 0 Å². The fourth-order valence-corrected chi connectivity index (χ4v) is 1.77.